The van der Waals surface area contributed by atoms with Crippen molar-refractivity contribution >= 4 is 0 Å². The minimum atomic E-state index is 0.106. The van der Waals surface area contributed by atoms with Crippen molar-refractivity contribution < 1.29 is 4.74 Å². The molecule has 0 aromatic rings. The van der Waals surface area contributed by atoms with E-state index in [1.54, 1.807) is 0 Å². The third-order valence-corrected chi connectivity index (χ3v) is 1.93. The fourth-order valence-corrected chi connectivity index (χ4v) is 0.534. The zero-order valence-electron chi connectivity index (χ0n) is 8.05. The molecule has 0 bridgehead atoms. The Morgan fingerprint density at radius 3 is 2.27 bits per heavy atom. The molecule has 0 rings (SSSR count). The Balaban J connectivity index is 3.55. The molecule has 0 heterocycles. The summed E-state index contributed by atoms with van der Waals surface area (Å²) in [4.78, 5) is 2.14. The highest BCUT2D eigenvalue weighted by atomic mass is 16.5. The first-order valence-corrected chi connectivity index (χ1v) is 3.96. The Bertz CT molecular complexity index is 102. The summed E-state index contributed by atoms with van der Waals surface area (Å²) < 4.78 is 5.34. The van der Waals surface area contributed by atoms with Crippen LogP contribution in [0.3, 0.4) is 0 Å². The highest BCUT2D eigenvalue weighted by Gasteiger charge is 2.19. The van der Waals surface area contributed by atoms with Gasteiger partial charge in [-0.1, -0.05) is 0 Å². The predicted molar refractivity (Wildman–Crippen MR) is 47.6 cm³/mol. The molecule has 0 amide bonds. The molecule has 68 valence electrons. The van der Waals surface area contributed by atoms with Crippen molar-refractivity contribution in [1.29, 1.82) is 0 Å². The highest BCUT2D eigenvalue weighted by Crippen LogP contribution is 2.09. The quantitative estimate of drug-likeness (QED) is 0.588. The van der Waals surface area contributed by atoms with Gasteiger partial charge in [0.05, 0.1) is 13.2 Å². The summed E-state index contributed by atoms with van der Waals surface area (Å²) in [6, 6.07) is 0. The number of hydrogen-bond donors (Lipinski definition) is 1. The van der Waals surface area contributed by atoms with Crippen LogP contribution >= 0.6 is 0 Å². The average Bonchev–Trinajstić information content (AvgIpc) is 1.88. The van der Waals surface area contributed by atoms with Gasteiger partial charge in [-0.05, 0) is 27.9 Å². The van der Waals surface area contributed by atoms with Crippen molar-refractivity contribution in [3.63, 3.8) is 0 Å². The van der Waals surface area contributed by atoms with Crippen molar-refractivity contribution in [3.8, 4) is 0 Å². The van der Waals surface area contributed by atoms with Crippen molar-refractivity contribution in [2.45, 2.75) is 19.4 Å². The molecule has 0 fully saturated rings. The van der Waals surface area contributed by atoms with Crippen LogP contribution in [0.4, 0.5) is 0 Å². The molecule has 0 aliphatic carbocycles. The molecule has 0 spiro atoms. The van der Waals surface area contributed by atoms with Crippen molar-refractivity contribution in [3.05, 3.63) is 0 Å². The minimum absolute atomic E-state index is 0.106. The molecular formula is C8H20N2O. The van der Waals surface area contributed by atoms with E-state index >= 15 is 0 Å². The number of nitrogens with two attached hydrogens (primary N) is 1. The molecule has 0 saturated heterocycles. The highest BCUT2D eigenvalue weighted by molar-refractivity contribution is 4.75. The van der Waals surface area contributed by atoms with E-state index in [0.717, 1.165) is 6.61 Å². The first kappa shape index (κ1) is 10.9. The van der Waals surface area contributed by atoms with Gasteiger partial charge in [-0.15, -0.1) is 0 Å². The molecule has 0 aromatic carbocycles. The van der Waals surface area contributed by atoms with Crippen LogP contribution in [-0.4, -0.2) is 44.3 Å². The third-order valence-electron chi connectivity index (χ3n) is 1.93. The second-order valence-corrected chi connectivity index (χ2v) is 3.55. The van der Waals surface area contributed by atoms with E-state index < -0.39 is 0 Å². The van der Waals surface area contributed by atoms with Crippen LogP contribution in [-0.2, 0) is 4.74 Å². The lowest BCUT2D eigenvalue weighted by atomic mass is 10.1. The number of rotatable bonds is 5. The van der Waals surface area contributed by atoms with E-state index in [2.05, 4.69) is 18.7 Å². The van der Waals surface area contributed by atoms with Gasteiger partial charge in [0, 0.05) is 12.1 Å². The molecule has 11 heavy (non-hydrogen) atoms. The molecule has 3 heteroatoms. The smallest absolute Gasteiger partial charge is 0.0645 e. The Morgan fingerprint density at radius 1 is 1.36 bits per heavy atom. The topological polar surface area (TPSA) is 38.5 Å². The molecule has 0 aliphatic heterocycles. The Labute approximate surface area is 69.5 Å². The lowest BCUT2D eigenvalue weighted by Gasteiger charge is -2.32. The monoisotopic (exact) mass is 160 g/mol. The van der Waals surface area contributed by atoms with Gasteiger partial charge in [0.2, 0.25) is 0 Å². The maximum atomic E-state index is 5.34. The number of nitrogens with zero attached hydrogens (tertiary/aromatic N) is 1. The van der Waals surface area contributed by atoms with Crippen molar-refractivity contribution in [2.24, 2.45) is 5.73 Å². The molecule has 2 N–H and O–H groups in total. The maximum absolute atomic E-state index is 5.34. The van der Waals surface area contributed by atoms with Crippen LogP contribution in [0.1, 0.15) is 13.8 Å². The van der Waals surface area contributed by atoms with E-state index in [9.17, 15) is 0 Å². The summed E-state index contributed by atoms with van der Waals surface area (Å²) in [5.74, 6) is 0. The van der Waals surface area contributed by atoms with E-state index in [0.29, 0.717) is 13.2 Å². The molecule has 0 aromatic heterocycles. The maximum Gasteiger partial charge on any atom is 0.0645 e. The first-order valence-electron chi connectivity index (χ1n) is 3.96. The molecule has 0 unspecified atom stereocenters. The van der Waals surface area contributed by atoms with Crippen LogP contribution in [0.25, 0.3) is 0 Å². The summed E-state index contributed by atoms with van der Waals surface area (Å²) >= 11 is 0. The zero-order chi connectivity index (χ0) is 8.91. The molecule has 0 radical (unpaired) electrons. The molecule has 0 aliphatic rings. The largest absolute Gasteiger partial charge is 0.378 e. The van der Waals surface area contributed by atoms with Crippen LogP contribution in [0, 0.1) is 0 Å². The summed E-state index contributed by atoms with van der Waals surface area (Å²) in [6.45, 7) is 6.27. The third kappa shape index (κ3) is 4.35. The summed E-state index contributed by atoms with van der Waals surface area (Å²) in [5.41, 5.74) is 5.40. The number of ether oxygens (including phenoxy) is 1. The minimum Gasteiger partial charge on any atom is -0.378 e. The normalized spacial score (nSPS) is 12.5. The number of likely N-dealkylation sites (N-methyl/N-ethyl adjacent to an activating group) is 1. The van der Waals surface area contributed by atoms with Gasteiger partial charge in [-0.25, -0.2) is 0 Å². The van der Waals surface area contributed by atoms with Gasteiger partial charge in [0.15, 0.2) is 0 Å². The molecule has 3 nitrogen and oxygen atoms in total. The van der Waals surface area contributed by atoms with Gasteiger partial charge in [-0.3, -0.25) is 0 Å². The summed E-state index contributed by atoms with van der Waals surface area (Å²) in [5, 5.41) is 0. The van der Waals surface area contributed by atoms with Gasteiger partial charge >= 0.3 is 0 Å². The van der Waals surface area contributed by atoms with Crippen LogP contribution < -0.4 is 5.73 Å². The molecular weight excluding hydrogens is 140 g/mol. The van der Waals surface area contributed by atoms with Crippen molar-refractivity contribution in [2.75, 3.05) is 33.9 Å². The fraction of sp³-hybridized carbons (Fsp3) is 1.00. The fourth-order valence-electron chi connectivity index (χ4n) is 0.534. The lowest BCUT2D eigenvalue weighted by Crippen LogP contribution is -2.42. The SMILES string of the molecule is CN(C)C(C)(C)COCCN. The van der Waals surface area contributed by atoms with E-state index in [1.165, 1.54) is 0 Å². The molecule has 0 saturated carbocycles. The van der Waals surface area contributed by atoms with Crippen LogP contribution in [0.15, 0.2) is 0 Å². The van der Waals surface area contributed by atoms with Gasteiger partial charge < -0.3 is 15.4 Å². The van der Waals surface area contributed by atoms with Gasteiger partial charge in [-0.2, -0.15) is 0 Å². The van der Waals surface area contributed by atoms with Crippen LogP contribution in [0.2, 0.25) is 0 Å². The van der Waals surface area contributed by atoms with E-state index in [1.807, 2.05) is 14.1 Å². The summed E-state index contributed by atoms with van der Waals surface area (Å²) in [6.07, 6.45) is 0. The standard InChI is InChI=1S/C8H20N2O/c1-8(2,10(3)4)7-11-6-5-9/h5-7,9H2,1-4H3. The second-order valence-electron chi connectivity index (χ2n) is 3.55. The van der Waals surface area contributed by atoms with Gasteiger partial charge in [0.1, 0.15) is 0 Å². The van der Waals surface area contributed by atoms with E-state index in [4.69, 9.17) is 10.5 Å². The second kappa shape index (κ2) is 4.70. The van der Waals surface area contributed by atoms with Gasteiger partial charge in [0.25, 0.3) is 0 Å². The Morgan fingerprint density at radius 2 is 1.91 bits per heavy atom. The Hall–Kier alpha value is -0.120. The predicted octanol–water partition coefficient (Wildman–Crippen LogP) is 0.302. The van der Waals surface area contributed by atoms with Crippen LogP contribution in [0.5, 0.6) is 0 Å². The summed E-state index contributed by atoms with van der Waals surface area (Å²) in [7, 11) is 4.09. The van der Waals surface area contributed by atoms with Crippen molar-refractivity contribution in [1.82, 2.24) is 4.90 Å². The first-order chi connectivity index (χ1) is 5.00. The zero-order valence-corrected chi connectivity index (χ0v) is 8.05. The van der Waals surface area contributed by atoms with E-state index in [-0.39, 0.29) is 5.54 Å². The lowest BCUT2D eigenvalue weighted by molar-refractivity contribution is 0.0398. The molecule has 0 atom stereocenters. The average molecular weight is 160 g/mol. The number of hydrogen-bond acceptors (Lipinski definition) is 3. The Kier molecular flexibility index (Phi) is 4.65.